The van der Waals surface area contributed by atoms with Gasteiger partial charge >= 0.3 is 12.4 Å². The summed E-state index contributed by atoms with van der Waals surface area (Å²) in [6, 6.07) is 0.271. The van der Waals surface area contributed by atoms with E-state index >= 15 is 0 Å². The first kappa shape index (κ1) is 13.4. The lowest BCUT2D eigenvalue weighted by Crippen LogP contribution is -2.11. The Balaban J connectivity index is 3.46. The minimum Gasteiger partial charge on any atom is -0.166 e. The molecule has 8 heteroatoms. The molecule has 0 spiro atoms. The summed E-state index contributed by atoms with van der Waals surface area (Å²) < 4.78 is 73.5. The molecule has 0 heterocycles. The van der Waals surface area contributed by atoms with E-state index in [0.717, 1.165) is 0 Å². The first-order chi connectivity index (χ1) is 7.03. The van der Waals surface area contributed by atoms with Crippen molar-refractivity contribution in [2.45, 2.75) is 12.4 Å². The minimum absolute atomic E-state index is 0.0752. The van der Waals surface area contributed by atoms with Gasteiger partial charge in [0.05, 0.1) is 21.2 Å². The monoisotopic (exact) mass is 282 g/mol. The van der Waals surface area contributed by atoms with Crippen LogP contribution in [0.5, 0.6) is 0 Å². The molecule has 0 fully saturated rings. The van der Waals surface area contributed by atoms with Gasteiger partial charge in [-0.05, 0) is 12.1 Å². The molecular weight excluding hydrogens is 281 g/mol. The van der Waals surface area contributed by atoms with Gasteiger partial charge in [-0.3, -0.25) is 0 Å². The standard InChI is InChI=1S/C8H2Cl2F6/c9-5-2-3(7(11,12)13)1-4(6(5)10)8(14,15)16/h1-2H. The number of halogens is 8. The van der Waals surface area contributed by atoms with E-state index in [1.165, 1.54) is 0 Å². The molecule has 0 N–H and O–H groups in total. The Bertz CT molecular complexity index is 406. The highest BCUT2D eigenvalue weighted by molar-refractivity contribution is 6.42. The molecule has 0 saturated heterocycles. The van der Waals surface area contributed by atoms with Crippen LogP contribution in [0.4, 0.5) is 26.3 Å². The molecule has 0 saturated carbocycles. The Morgan fingerprint density at radius 3 is 1.69 bits per heavy atom. The van der Waals surface area contributed by atoms with E-state index in [-0.39, 0.29) is 6.07 Å². The minimum atomic E-state index is -4.98. The van der Waals surface area contributed by atoms with Gasteiger partial charge in [0.2, 0.25) is 0 Å². The Labute approximate surface area is 95.8 Å². The summed E-state index contributed by atoms with van der Waals surface area (Å²) >= 11 is 10.4. The lowest BCUT2D eigenvalue weighted by Gasteiger charge is -2.14. The summed E-state index contributed by atoms with van der Waals surface area (Å²) in [7, 11) is 0. The third-order valence-electron chi connectivity index (χ3n) is 1.66. The van der Waals surface area contributed by atoms with Crippen LogP contribution < -0.4 is 0 Å². The molecule has 0 atom stereocenters. The smallest absolute Gasteiger partial charge is 0.166 e. The predicted molar refractivity (Wildman–Crippen MR) is 46.5 cm³/mol. The van der Waals surface area contributed by atoms with Crippen molar-refractivity contribution in [3.8, 4) is 0 Å². The number of benzene rings is 1. The summed E-state index contributed by atoms with van der Waals surface area (Å²) in [5, 5.41) is -1.73. The van der Waals surface area contributed by atoms with Crippen LogP contribution in [0.2, 0.25) is 10.0 Å². The van der Waals surface area contributed by atoms with Crippen molar-refractivity contribution >= 4 is 23.2 Å². The SMILES string of the molecule is FC(F)(F)c1cc(Cl)c(Cl)c(C(F)(F)F)c1. The van der Waals surface area contributed by atoms with Crippen LogP contribution in [0.3, 0.4) is 0 Å². The van der Waals surface area contributed by atoms with Crippen LogP contribution in [0.25, 0.3) is 0 Å². The summed E-state index contributed by atoms with van der Waals surface area (Å²) in [6.07, 6.45) is -9.89. The molecule has 90 valence electrons. The first-order valence-corrected chi connectivity index (χ1v) is 4.42. The van der Waals surface area contributed by atoms with Crippen molar-refractivity contribution in [1.82, 2.24) is 0 Å². The Hall–Kier alpha value is -0.620. The molecular formula is C8H2Cl2F6. The highest BCUT2D eigenvalue weighted by Crippen LogP contribution is 2.42. The van der Waals surface area contributed by atoms with Gasteiger partial charge in [0.25, 0.3) is 0 Å². The van der Waals surface area contributed by atoms with Gasteiger partial charge < -0.3 is 0 Å². The quantitative estimate of drug-likeness (QED) is 0.586. The number of hydrogen-bond donors (Lipinski definition) is 0. The second-order valence-electron chi connectivity index (χ2n) is 2.82. The molecule has 0 aliphatic heterocycles. The maximum absolute atomic E-state index is 12.3. The number of hydrogen-bond acceptors (Lipinski definition) is 0. The van der Waals surface area contributed by atoms with Gasteiger partial charge in [-0.2, -0.15) is 26.3 Å². The van der Waals surface area contributed by atoms with Gasteiger partial charge in [0.1, 0.15) is 0 Å². The molecule has 0 amide bonds. The molecule has 0 nitrogen and oxygen atoms in total. The van der Waals surface area contributed by atoms with Crippen molar-refractivity contribution in [1.29, 1.82) is 0 Å². The van der Waals surface area contributed by atoms with Gasteiger partial charge in [0, 0.05) is 0 Å². The van der Waals surface area contributed by atoms with Crippen LogP contribution in [0, 0.1) is 0 Å². The first-order valence-electron chi connectivity index (χ1n) is 3.67. The van der Waals surface area contributed by atoms with E-state index in [1.807, 2.05) is 0 Å². The average Bonchev–Trinajstić information content (AvgIpc) is 2.05. The van der Waals surface area contributed by atoms with E-state index in [1.54, 1.807) is 0 Å². The normalized spacial score (nSPS) is 13.0. The van der Waals surface area contributed by atoms with Crippen molar-refractivity contribution in [2.24, 2.45) is 0 Å². The highest BCUT2D eigenvalue weighted by atomic mass is 35.5. The third-order valence-corrected chi connectivity index (χ3v) is 2.46. The van der Waals surface area contributed by atoms with Crippen molar-refractivity contribution in [2.75, 3.05) is 0 Å². The van der Waals surface area contributed by atoms with Crippen molar-refractivity contribution in [3.05, 3.63) is 33.3 Å². The second kappa shape index (κ2) is 4.00. The summed E-state index contributed by atoms with van der Waals surface area (Å²) in [5.41, 5.74) is -3.09. The molecule has 0 unspecified atom stereocenters. The van der Waals surface area contributed by atoms with E-state index in [4.69, 9.17) is 23.2 Å². The summed E-state index contributed by atoms with van der Waals surface area (Å²) in [6.45, 7) is 0. The predicted octanol–water partition coefficient (Wildman–Crippen LogP) is 5.03. The maximum atomic E-state index is 12.3. The molecule has 0 aliphatic rings. The van der Waals surface area contributed by atoms with E-state index in [9.17, 15) is 26.3 Å². The fraction of sp³-hybridized carbons (Fsp3) is 0.250. The van der Waals surface area contributed by atoms with Gasteiger partial charge in [-0.25, -0.2) is 0 Å². The second-order valence-corrected chi connectivity index (χ2v) is 3.60. The zero-order valence-electron chi connectivity index (χ0n) is 7.18. The van der Waals surface area contributed by atoms with E-state index < -0.39 is 33.5 Å². The van der Waals surface area contributed by atoms with E-state index in [0.29, 0.717) is 6.07 Å². The van der Waals surface area contributed by atoms with Crippen LogP contribution in [0.15, 0.2) is 12.1 Å². The summed E-state index contributed by atoms with van der Waals surface area (Å²) in [4.78, 5) is 0. The molecule has 0 radical (unpaired) electrons. The summed E-state index contributed by atoms with van der Waals surface area (Å²) in [5.74, 6) is 0. The van der Waals surface area contributed by atoms with E-state index in [2.05, 4.69) is 0 Å². The Kier molecular flexibility index (Phi) is 3.36. The fourth-order valence-electron chi connectivity index (χ4n) is 0.959. The lowest BCUT2D eigenvalue weighted by atomic mass is 10.1. The molecule has 1 rings (SSSR count). The largest absolute Gasteiger partial charge is 0.417 e. The Morgan fingerprint density at radius 2 is 1.31 bits per heavy atom. The topological polar surface area (TPSA) is 0 Å². The van der Waals surface area contributed by atoms with Crippen molar-refractivity contribution < 1.29 is 26.3 Å². The van der Waals surface area contributed by atoms with Gasteiger partial charge in [-0.1, -0.05) is 23.2 Å². The van der Waals surface area contributed by atoms with Crippen molar-refractivity contribution in [3.63, 3.8) is 0 Å². The van der Waals surface area contributed by atoms with Crippen LogP contribution in [0.1, 0.15) is 11.1 Å². The lowest BCUT2D eigenvalue weighted by molar-refractivity contribution is -0.143. The van der Waals surface area contributed by atoms with Gasteiger partial charge in [-0.15, -0.1) is 0 Å². The highest BCUT2D eigenvalue weighted by Gasteiger charge is 2.39. The van der Waals surface area contributed by atoms with Crippen LogP contribution >= 0.6 is 23.2 Å². The van der Waals surface area contributed by atoms with Crippen LogP contribution in [-0.4, -0.2) is 0 Å². The average molecular weight is 283 g/mol. The molecule has 1 aromatic carbocycles. The number of alkyl halides is 6. The molecule has 0 aliphatic carbocycles. The van der Waals surface area contributed by atoms with Gasteiger partial charge in [0.15, 0.2) is 0 Å². The maximum Gasteiger partial charge on any atom is 0.417 e. The van der Waals surface area contributed by atoms with Crippen LogP contribution in [-0.2, 0) is 12.4 Å². The molecule has 0 bridgehead atoms. The zero-order valence-corrected chi connectivity index (χ0v) is 8.69. The molecule has 16 heavy (non-hydrogen) atoms. The number of rotatable bonds is 0. The molecule has 0 aromatic heterocycles. The fourth-order valence-corrected chi connectivity index (χ4v) is 1.39. The zero-order chi connectivity index (χ0) is 12.7. The molecule has 1 aromatic rings. The Morgan fingerprint density at radius 1 is 0.812 bits per heavy atom. The third kappa shape index (κ3) is 2.74.